The largest absolute Gasteiger partial charge is 0.463 e. The summed E-state index contributed by atoms with van der Waals surface area (Å²) >= 11 is 0. The normalized spacial score (nSPS) is 12.6. The minimum Gasteiger partial charge on any atom is -0.463 e. The third-order valence-electron chi connectivity index (χ3n) is 6.09. The third-order valence-corrected chi connectivity index (χ3v) is 6.09. The first kappa shape index (κ1) is 26.7. The maximum absolute atomic E-state index is 11.7. The minimum absolute atomic E-state index is 0.0191. The first-order valence-corrected chi connectivity index (χ1v) is 12.6. The molecule has 5 nitrogen and oxygen atoms in total. The van der Waals surface area contributed by atoms with Crippen LogP contribution in [0.15, 0.2) is 72.9 Å². The van der Waals surface area contributed by atoms with Crippen molar-refractivity contribution >= 4 is 5.97 Å². The Labute approximate surface area is 210 Å². The Kier molecular flexibility index (Phi) is 9.70. The molecule has 0 fully saturated rings. The summed E-state index contributed by atoms with van der Waals surface area (Å²) in [5.74, 6) is -0.257. The zero-order valence-electron chi connectivity index (χ0n) is 21.6. The average Bonchev–Trinajstić information content (AvgIpc) is 3.24. The summed E-state index contributed by atoms with van der Waals surface area (Å²) in [5.41, 5.74) is 5.08. The molecule has 0 aliphatic rings. The van der Waals surface area contributed by atoms with Gasteiger partial charge < -0.3 is 14.4 Å². The van der Waals surface area contributed by atoms with Crippen LogP contribution in [0.3, 0.4) is 0 Å². The zero-order chi connectivity index (χ0) is 25.3. The molecular weight excluding hydrogens is 436 g/mol. The van der Waals surface area contributed by atoms with Crippen LogP contribution in [0.5, 0.6) is 0 Å². The number of benzene rings is 2. The van der Waals surface area contributed by atoms with E-state index >= 15 is 0 Å². The van der Waals surface area contributed by atoms with Gasteiger partial charge in [-0.3, -0.25) is 9.69 Å². The van der Waals surface area contributed by atoms with Crippen molar-refractivity contribution in [2.24, 2.45) is 0 Å². The number of aromatic nitrogens is 1. The lowest BCUT2D eigenvalue weighted by Gasteiger charge is -2.26. The highest BCUT2D eigenvalue weighted by Gasteiger charge is 2.17. The van der Waals surface area contributed by atoms with Crippen molar-refractivity contribution in [1.29, 1.82) is 0 Å². The predicted molar refractivity (Wildman–Crippen MR) is 141 cm³/mol. The summed E-state index contributed by atoms with van der Waals surface area (Å²) in [5, 5.41) is 10.6. The summed E-state index contributed by atoms with van der Waals surface area (Å²) in [4.78, 5) is 13.9. The van der Waals surface area contributed by atoms with Gasteiger partial charge in [-0.05, 0) is 40.7 Å². The third kappa shape index (κ3) is 8.68. The van der Waals surface area contributed by atoms with Crippen LogP contribution < -0.4 is 0 Å². The van der Waals surface area contributed by atoms with Crippen molar-refractivity contribution in [3.05, 3.63) is 95.3 Å². The maximum Gasteiger partial charge on any atom is 0.305 e. The Morgan fingerprint density at radius 2 is 1.69 bits per heavy atom. The summed E-state index contributed by atoms with van der Waals surface area (Å²) in [6, 6.07) is 23.3. The Bertz CT molecular complexity index is 1040. The van der Waals surface area contributed by atoms with Gasteiger partial charge in [0, 0.05) is 44.5 Å². The van der Waals surface area contributed by atoms with Gasteiger partial charge in [0.15, 0.2) is 0 Å². The van der Waals surface area contributed by atoms with E-state index in [0.717, 1.165) is 13.0 Å². The van der Waals surface area contributed by atoms with Crippen LogP contribution in [-0.4, -0.2) is 39.8 Å². The molecule has 1 aromatic heterocycles. The average molecular weight is 477 g/mol. The molecule has 35 heavy (non-hydrogen) atoms. The van der Waals surface area contributed by atoms with Crippen LogP contribution in [0.1, 0.15) is 62.9 Å². The highest BCUT2D eigenvalue weighted by atomic mass is 16.5. The highest BCUT2D eigenvalue weighted by Crippen LogP contribution is 2.23. The molecule has 2 aromatic carbocycles. The fraction of sp³-hybridized carbons (Fsp3) is 0.433. The Balaban J connectivity index is 1.69. The molecule has 1 atom stereocenters. The fourth-order valence-electron chi connectivity index (χ4n) is 4.13. The van der Waals surface area contributed by atoms with Crippen molar-refractivity contribution in [1.82, 2.24) is 9.47 Å². The van der Waals surface area contributed by atoms with Crippen LogP contribution in [-0.2, 0) is 34.6 Å². The van der Waals surface area contributed by atoms with Crippen molar-refractivity contribution in [3.63, 3.8) is 0 Å². The molecule has 188 valence electrons. The Morgan fingerprint density at radius 1 is 0.971 bits per heavy atom. The van der Waals surface area contributed by atoms with Crippen molar-refractivity contribution in [2.75, 3.05) is 13.2 Å². The van der Waals surface area contributed by atoms with Gasteiger partial charge in [-0.15, -0.1) is 0 Å². The molecule has 0 amide bonds. The van der Waals surface area contributed by atoms with E-state index < -0.39 is 6.10 Å². The second kappa shape index (κ2) is 12.7. The lowest BCUT2D eigenvalue weighted by Crippen LogP contribution is -2.35. The number of ether oxygens (including phenoxy) is 1. The summed E-state index contributed by atoms with van der Waals surface area (Å²) in [6.45, 7) is 11.2. The quantitative estimate of drug-likeness (QED) is 0.349. The molecule has 3 aromatic rings. The first-order chi connectivity index (χ1) is 16.7. The number of hydrogen-bond donors (Lipinski definition) is 1. The molecule has 0 spiro atoms. The molecular formula is C30H40N2O3. The Hall–Kier alpha value is -2.89. The van der Waals surface area contributed by atoms with Crippen molar-refractivity contribution < 1.29 is 14.6 Å². The molecule has 3 rings (SSSR count). The molecule has 0 saturated carbocycles. The topological polar surface area (TPSA) is 54.7 Å². The van der Waals surface area contributed by atoms with Crippen LogP contribution >= 0.6 is 0 Å². The van der Waals surface area contributed by atoms with E-state index in [4.69, 9.17) is 4.74 Å². The number of hydrogen-bond acceptors (Lipinski definition) is 4. The lowest BCUT2D eigenvalue weighted by atomic mass is 9.87. The van der Waals surface area contributed by atoms with Gasteiger partial charge in [0.25, 0.3) is 0 Å². The van der Waals surface area contributed by atoms with Crippen LogP contribution in [0.25, 0.3) is 0 Å². The zero-order valence-corrected chi connectivity index (χ0v) is 21.6. The number of aliphatic hydroxyl groups is 1. The van der Waals surface area contributed by atoms with Crippen molar-refractivity contribution in [2.45, 2.75) is 71.7 Å². The van der Waals surface area contributed by atoms with Gasteiger partial charge in [-0.1, -0.05) is 82.3 Å². The highest BCUT2D eigenvalue weighted by molar-refractivity contribution is 5.69. The van der Waals surface area contributed by atoms with E-state index in [2.05, 4.69) is 85.0 Å². The van der Waals surface area contributed by atoms with E-state index in [0.29, 0.717) is 26.1 Å². The number of esters is 1. The maximum atomic E-state index is 11.7. The second-order valence-corrected chi connectivity index (χ2v) is 10.3. The number of rotatable bonds is 12. The van der Waals surface area contributed by atoms with E-state index in [1.807, 2.05) is 25.1 Å². The fourth-order valence-corrected chi connectivity index (χ4v) is 4.13. The van der Waals surface area contributed by atoms with Crippen LogP contribution in [0.2, 0.25) is 0 Å². The van der Waals surface area contributed by atoms with Gasteiger partial charge in [-0.2, -0.15) is 0 Å². The minimum atomic E-state index is -0.743. The smallest absolute Gasteiger partial charge is 0.305 e. The van der Waals surface area contributed by atoms with E-state index in [1.165, 1.54) is 22.4 Å². The van der Waals surface area contributed by atoms with Gasteiger partial charge in [0.1, 0.15) is 12.7 Å². The summed E-state index contributed by atoms with van der Waals surface area (Å²) in [7, 11) is 0. The van der Waals surface area contributed by atoms with Gasteiger partial charge >= 0.3 is 5.97 Å². The number of nitrogens with zero attached hydrogens (tertiary/aromatic N) is 2. The summed E-state index contributed by atoms with van der Waals surface area (Å²) < 4.78 is 7.51. The molecule has 0 radical (unpaired) electrons. The van der Waals surface area contributed by atoms with Gasteiger partial charge in [-0.25, -0.2) is 0 Å². The monoisotopic (exact) mass is 476 g/mol. The summed E-state index contributed by atoms with van der Waals surface area (Å²) in [6.07, 6.45) is 2.49. The Morgan fingerprint density at radius 3 is 2.34 bits per heavy atom. The molecule has 0 unspecified atom stereocenters. The van der Waals surface area contributed by atoms with Crippen LogP contribution in [0, 0.1) is 0 Å². The SMILES string of the molecule is CCCC(=O)OC[C@@H](O)CN(Cc1ccccc1)Cc1cccn1Cc1ccc(C(C)(C)C)cc1. The molecule has 0 bridgehead atoms. The molecule has 0 aliphatic heterocycles. The molecule has 0 saturated heterocycles. The van der Waals surface area contributed by atoms with Gasteiger partial charge in [0.05, 0.1) is 0 Å². The molecule has 0 aliphatic carbocycles. The number of carbonyl (C=O) groups excluding carboxylic acids is 1. The predicted octanol–water partition coefficient (Wildman–Crippen LogP) is 5.54. The van der Waals surface area contributed by atoms with E-state index in [-0.39, 0.29) is 18.0 Å². The molecule has 1 N–H and O–H groups in total. The number of carbonyl (C=O) groups is 1. The van der Waals surface area contributed by atoms with Gasteiger partial charge in [0.2, 0.25) is 0 Å². The second-order valence-electron chi connectivity index (χ2n) is 10.3. The number of aliphatic hydroxyl groups excluding tert-OH is 1. The van der Waals surface area contributed by atoms with E-state index in [1.54, 1.807) is 0 Å². The molecule has 5 heteroatoms. The van der Waals surface area contributed by atoms with E-state index in [9.17, 15) is 9.90 Å². The lowest BCUT2D eigenvalue weighted by molar-refractivity contribution is -0.147. The van der Waals surface area contributed by atoms with Crippen LogP contribution in [0.4, 0.5) is 0 Å². The standard InChI is InChI=1S/C30H40N2O3/c1-5-10-29(34)35-23-28(33)22-31(19-24-11-7-6-8-12-24)21-27-13-9-18-32(27)20-25-14-16-26(17-15-25)30(2,3)4/h6-9,11-18,28,33H,5,10,19-23H2,1-4H3/t28-/m0/s1. The first-order valence-electron chi connectivity index (χ1n) is 12.6. The molecule has 1 heterocycles. The van der Waals surface area contributed by atoms with Crippen molar-refractivity contribution in [3.8, 4) is 0 Å².